The van der Waals surface area contributed by atoms with Crippen LogP contribution < -0.4 is 5.56 Å². The molecule has 1 N–H and O–H groups in total. The highest BCUT2D eigenvalue weighted by Gasteiger charge is 2.09. The molecule has 15 heavy (non-hydrogen) atoms. The molecule has 1 aromatic heterocycles. The molecule has 2 aromatic rings. The van der Waals surface area contributed by atoms with Crippen molar-refractivity contribution in [1.29, 1.82) is 0 Å². The van der Waals surface area contributed by atoms with Crippen LogP contribution in [0.5, 0.6) is 5.75 Å². The number of hydrogen-bond acceptors (Lipinski definition) is 3. The van der Waals surface area contributed by atoms with E-state index in [1.54, 1.807) is 26.1 Å². The van der Waals surface area contributed by atoms with Gasteiger partial charge in [0.05, 0.1) is 5.52 Å². The van der Waals surface area contributed by atoms with Crippen LogP contribution in [0.2, 0.25) is 0 Å². The fraction of sp³-hybridized carbons (Fsp3) is 0.200. The van der Waals surface area contributed by atoms with Gasteiger partial charge in [-0.15, -0.1) is 0 Å². The summed E-state index contributed by atoms with van der Waals surface area (Å²) >= 11 is 3.26. The van der Waals surface area contributed by atoms with Crippen molar-refractivity contribution in [3.05, 3.63) is 32.7 Å². The molecule has 1 heterocycles. The van der Waals surface area contributed by atoms with Crippen LogP contribution >= 0.6 is 15.9 Å². The first-order valence-electron chi connectivity index (χ1n) is 4.36. The highest BCUT2D eigenvalue weighted by atomic mass is 79.9. The lowest BCUT2D eigenvalue weighted by Crippen LogP contribution is -2.21. The Morgan fingerprint density at radius 3 is 2.80 bits per heavy atom. The summed E-state index contributed by atoms with van der Waals surface area (Å²) in [5.41, 5.74) is 1.28. The van der Waals surface area contributed by atoms with Crippen LogP contribution in [0.4, 0.5) is 0 Å². The van der Waals surface area contributed by atoms with Crippen molar-refractivity contribution in [1.82, 2.24) is 9.55 Å². The second-order valence-electron chi connectivity index (χ2n) is 3.35. The predicted octanol–water partition coefficient (Wildman–Crippen LogP) is 1.71. The van der Waals surface area contributed by atoms with Crippen molar-refractivity contribution in [3.63, 3.8) is 0 Å². The number of aromatic nitrogens is 2. The first kappa shape index (κ1) is 10.2. The molecule has 0 aliphatic carbocycles. The molecule has 0 unspecified atom stereocenters. The number of phenols is 1. The number of nitrogens with zero attached hydrogens (tertiary/aromatic N) is 2. The Morgan fingerprint density at radius 1 is 1.47 bits per heavy atom. The molecular formula is C10H9BrN2O2. The molecule has 4 nitrogen and oxygen atoms in total. The van der Waals surface area contributed by atoms with Crippen LogP contribution in [0, 0.1) is 6.92 Å². The average molecular weight is 269 g/mol. The average Bonchev–Trinajstić information content (AvgIpc) is 2.13. The lowest BCUT2D eigenvalue weighted by molar-refractivity contribution is 0.477. The summed E-state index contributed by atoms with van der Waals surface area (Å²) < 4.78 is 2.14. The topological polar surface area (TPSA) is 55.1 Å². The second-order valence-corrected chi connectivity index (χ2v) is 4.27. The third-order valence-electron chi connectivity index (χ3n) is 2.27. The van der Waals surface area contributed by atoms with Crippen LogP contribution in [0.3, 0.4) is 0 Å². The van der Waals surface area contributed by atoms with E-state index in [-0.39, 0.29) is 11.3 Å². The van der Waals surface area contributed by atoms with Crippen LogP contribution in [-0.4, -0.2) is 14.7 Å². The van der Waals surface area contributed by atoms with E-state index in [2.05, 4.69) is 20.9 Å². The van der Waals surface area contributed by atoms with Gasteiger partial charge >= 0.3 is 0 Å². The highest BCUT2D eigenvalue weighted by Crippen LogP contribution is 2.26. The first-order chi connectivity index (χ1) is 7.00. The smallest absolute Gasteiger partial charge is 0.272 e. The van der Waals surface area contributed by atoms with Gasteiger partial charge in [-0.25, -0.2) is 4.98 Å². The molecule has 5 heteroatoms. The van der Waals surface area contributed by atoms with Crippen molar-refractivity contribution >= 4 is 27.0 Å². The lowest BCUT2D eigenvalue weighted by atomic mass is 10.2. The summed E-state index contributed by atoms with van der Waals surface area (Å²) in [6.45, 7) is 1.65. The van der Waals surface area contributed by atoms with Gasteiger partial charge in [0.2, 0.25) is 0 Å². The Labute approximate surface area is 94.3 Å². The number of aryl methyl sites for hydroxylation is 2. The van der Waals surface area contributed by atoms with Crippen molar-refractivity contribution in [2.75, 3.05) is 0 Å². The van der Waals surface area contributed by atoms with E-state index in [1.807, 2.05) is 0 Å². The maximum absolute atomic E-state index is 11.6. The fourth-order valence-corrected chi connectivity index (χ4v) is 2.01. The zero-order valence-corrected chi connectivity index (χ0v) is 9.87. The standard InChI is InChI=1S/C10H9BrN2O2/c1-5-10(15)13(2)9-7(12-5)3-6(11)4-8(9)14/h3-4,14H,1-2H3. The SMILES string of the molecule is Cc1nc2cc(Br)cc(O)c2n(C)c1=O. The quantitative estimate of drug-likeness (QED) is 0.792. The number of benzene rings is 1. The molecule has 0 aliphatic heterocycles. The van der Waals surface area contributed by atoms with Gasteiger partial charge in [-0.05, 0) is 19.1 Å². The van der Waals surface area contributed by atoms with Gasteiger partial charge < -0.3 is 9.67 Å². The van der Waals surface area contributed by atoms with Gasteiger partial charge in [-0.1, -0.05) is 15.9 Å². The Balaban J connectivity index is 3.05. The van der Waals surface area contributed by atoms with Crippen molar-refractivity contribution in [2.45, 2.75) is 6.92 Å². The van der Waals surface area contributed by atoms with Crippen molar-refractivity contribution in [3.8, 4) is 5.75 Å². The number of rotatable bonds is 0. The highest BCUT2D eigenvalue weighted by molar-refractivity contribution is 9.10. The summed E-state index contributed by atoms with van der Waals surface area (Å²) in [4.78, 5) is 15.7. The molecule has 0 amide bonds. The molecule has 0 aliphatic rings. The second kappa shape index (κ2) is 3.34. The summed E-state index contributed by atoms with van der Waals surface area (Å²) in [6.07, 6.45) is 0. The number of fused-ring (bicyclic) bond motifs is 1. The molecule has 0 radical (unpaired) electrons. The largest absolute Gasteiger partial charge is 0.506 e. The van der Waals surface area contributed by atoms with Crippen LogP contribution in [0.25, 0.3) is 11.0 Å². The molecule has 0 spiro atoms. The van der Waals surface area contributed by atoms with Crippen LogP contribution in [0.15, 0.2) is 21.4 Å². The zero-order valence-electron chi connectivity index (χ0n) is 8.28. The number of aromatic hydroxyl groups is 1. The molecule has 0 bridgehead atoms. The minimum Gasteiger partial charge on any atom is -0.506 e. The van der Waals surface area contributed by atoms with Crippen LogP contribution in [-0.2, 0) is 7.05 Å². The van der Waals surface area contributed by atoms with Crippen molar-refractivity contribution in [2.24, 2.45) is 7.05 Å². The molecule has 0 saturated carbocycles. The van der Waals surface area contributed by atoms with Crippen molar-refractivity contribution < 1.29 is 5.11 Å². The van der Waals surface area contributed by atoms with E-state index in [4.69, 9.17) is 0 Å². The molecule has 1 aromatic carbocycles. The van der Waals surface area contributed by atoms with E-state index in [1.165, 1.54) is 4.57 Å². The van der Waals surface area contributed by atoms with Gasteiger partial charge in [0.25, 0.3) is 5.56 Å². The Hall–Kier alpha value is -1.36. The molecule has 2 rings (SSSR count). The van der Waals surface area contributed by atoms with E-state index in [9.17, 15) is 9.90 Å². The van der Waals surface area contributed by atoms with Gasteiger partial charge in [0.1, 0.15) is 17.0 Å². The maximum atomic E-state index is 11.6. The monoisotopic (exact) mass is 268 g/mol. The minimum atomic E-state index is -0.194. The molecule has 78 valence electrons. The molecule has 0 fully saturated rings. The summed E-state index contributed by atoms with van der Waals surface area (Å²) in [6, 6.07) is 3.31. The summed E-state index contributed by atoms with van der Waals surface area (Å²) in [7, 11) is 1.62. The summed E-state index contributed by atoms with van der Waals surface area (Å²) in [5, 5.41) is 9.72. The fourth-order valence-electron chi connectivity index (χ4n) is 1.57. The maximum Gasteiger partial charge on any atom is 0.272 e. The third kappa shape index (κ3) is 1.52. The Morgan fingerprint density at radius 2 is 2.13 bits per heavy atom. The van der Waals surface area contributed by atoms with E-state index in [0.717, 1.165) is 4.47 Å². The van der Waals surface area contributed by atoms with E-state index < -0.39 is 0 Å². The van der Waals surface area contributed by atoms with Crippen LogP contribution in [0.1, 0.15) is 5.69 Å². The Bertz CT molecular complexity index is 604. The van der Waals surface area contributed by atoms with E-state index in [0.29, 0.717) is 16.7 Å². The van der Waals surface area contributed by atoms with Gasteiger partial charge in [0, 0.05) is 11.5 Å². The predicted molar refractivity (Wildman–Crippen MR) is 61.1 cm³/mol. The first-order valence-corrected chi connectivity index (χ1v) is 5.16. The van der Waals surface area contributed by atoms with Gasteiger partial charge in [-0.2, -0.15) is 0 Å². The number of halogens is 1. The normalized spacial score (nSPS) is 10.9. The molecule has 0 atom stereocenters. The molecular weight excluding hydrogens is 260 g/mol. The third-order valence-corrected chi connectivity index (χ3v) is 2.73. The van der Waals surface area contributed by atoms with Gasteiger partial charge in [0.15, 0.2) is 0 Å². The van der Waals surface area contributed by atoms with E-state index >= 15 is 0 Å². The summed E-state index contributed by atoms with van der Waals surface area (Å²) in [5.74, 6) is 0.0477. The minimum absolute atomic E-state index is 0.0477. The Kier molecular flexibility index (Phi) is 2.26. The van der Waals surface area contributed by atoms with Gasteiger partial charge in [-0.3, -0.25) is 4.79 Å². The molecule has 0 saturated heterocycles. The zero-order chi connectivity index (χ0) is 11.2. The number of phenolic OH excluding ortho intramolecular Hbond substituents is 1. The number of hydrogen-bond donors (Lipinski definition) is 1. The lowest BCUT2D eigenvalue weighted by Gasteiger charge is -2.07.